The number of hydrogen-bond acceptors (Lipinski definition) is 4. The van der Waals surface area contributed by atoms with Crippen molar-refractivity contribution < 1.29 is 4.92 Å². The Morgan fingerprint density at radius 1 is 1.42 bits per heavy atom. The fraction of sp³-hybridized carbons (Fsp3) is 0.500. The van der Waals surface area contributed by atoms with Crippen molar-refractivity contribution in [1.82, 2.24) is 0 Å². The molecular weight excluding hydrogens is 242 g/mol. The first kappa shape index (κ1) is 13.3. The van der Waals surface area contributed by atoms with E-state index in [1.54, 1.807) is 12.1 Å². The topological polar surface area (TPSA) is 70.2 Å². The van der Waals surface area contributed by atoms with Gasteiger partial charge in [0.2, 0.25) is 0 Å². The summed E-state index contributed by atoms with van der Waals surface area (Å²) >= 11 is 0. The van der Waals surface area contributed by atoms with Gasteiger partial charge in [0.1, 0.15) is 11.6 Å². The van der Waals surface area contributed by atoms with Crippen LogP contribution in [0.1, 0.15) is 31.7 Å². The molecular formula is C14H17N3O2. The summed E-state index contributed by atoms with van der Waals surface area (Å²) in [4.78, 5) is 12.5. The summed E-state index contributed by atoms with van der Waals surface area (Å²) in [6, 6.07) is 6.72. The minimum absolute atomic E-state index is 0.116. The van der Waals surface area contributed by atoms with Gasteiger partial charge in [-0.05, 0) is 37.3 Å². The molecule has 1 saturated heterocycles. The average Bonchev–Trinajstić information content (AvgIpc) is 2.62. The summed E-state index contributed by atoms with van der Waals surface area (Å²) < 4.78 is 0. The van der Waals surface area contributed by atoms with Crippen molar-refractivity contribution in [2.75, 3.05) is 18.0 Å². The van der Waals surface area contributed by atoms with Crippen LogP contribution >= 0.6 is 0 Å². The lowest BCUT2D eigenvalue weighted by atomic mass is 10.0. The van der Waals surface area contributed by atoms with E-state index in [1.807, 2.05) is 6.07 Å². The number of benzene rings is 1. The van der Waals surface area contributed by atoms with Crippen LogP contribution in [0, 0.1) is 27.4 Å². The Labute approximate surface area is 112 Å². The van der Waals surface area contributed by atoms with E-state index < -0.39 is 4.92 Å². The Bertz CT molecular complexity index is 522. The molecule has 1 aromatic carbocycles. The molecule has 0 saturated carbocycles. The fourth-order valence-corrected chi connectivity index (χ4v) is 2.49. The number of nitrogens with zero attached hydrogens (tertiary/aromatic N) is 3. The first-order valence-electron chi connectivity index (χ1n) is 6.55. The number of nitro groups is 1. The van der Waals surface area contributed by atoms with Gasteiger partial charge < -0.3 is 4.90 Å². The van der Waals surface area contributed by atoms with Gasteiger partial charge in [-0.15, -0.1) is 0 Å². The van der Waals surface area contributed by atoms with E-state index in [9.17, 15) is 10.1 Å². The molecule has 1 unspecified atom stereocenters. The van der Waals surface area contributed by atoms with Crippen molar-refractivity contribution in [3.05, 3.63) is 33.9 Å². The second-order valence-corrected chi connectivity index (χ2v) is 5.09. The van der Waals surface area contributed by atoms with Crippen LogP contribution in [-0.4, -0.2) is 18.0 Å². The van der Waals surface area contributed by atoms with Crippen molar-refractivity contribution in [3.8, 4) is 6.07 Å². The second kappa shape index (κ2) is 5.70. The maximum absolute atomic E-state index is 10.8. The van der Waals surface area contributed by atoms with E-state index in [1.165, 1.54) is 12.5 Å². The monoisotopic (exact) mass is 259 g/mol. The largest absolute Gasteiger partial charge is 0.371 e. The number of nitro benzene ring substituents is 1. The van der Waals surface area contributed by atoms with Gasteiger partial charge in [-0.1, -0.05) is 6.92 Å². The summed E-state index contributed by atoms with van der Waals surface area (Å²) in [6.07, 6.45) is 3.47. The van der Waals surface area contributed by atoms with Crippen molar-refractivity contribution in [2.24, 2.45) is 5.92 Å². The Morgan fingerprint density at radius 3 is 2.89 bits per heavy atom. The molecule has 0 N–H and O–H groups in total. The lowest BCUT2D eigenvalue weighted by Crippen LogP contribution is -2.24. The first-order valence-corrected chi connectivity index (χ1v) is 6.55. The third-order valence-electron chi connectivity index (χ3n) is 3.68. The number of nitriles is 1. The van der Waals surface area contributed by atoms with Crippen molar-refractivity contribution in [2.45, 2.75) is 26.2 Å². The molecule has 0 bridgehead atoms. The second-order valence-electron chi connectivity index (χ2n) is 5.09. The minimum Gasteiger partial charge on any atom is -0.371 e. The van der Waals surface area contributed by atoms with Gasteiger partial charge in [-0.3, -0.25) is 10.1 Å². The Morgan fingerprint density at radius 2 is 2.21 bits per heavy atom. The summed E-state index contributed by atoms with van der Waals surface area (Å²) in [5, 5.41) is 19.8. The lowest BCUT2D eigenvalue weighted by Gasteiger charge is -2.22. The van der Waals surface area contributed by atoms with Gasteiger partial charge in [0.05, 0.1) is 4.92 Å². The highest BCUT2D eigenvalue weighted by molar-refractivity contribution is 5.59. The maximum atomic E-state index is 10.8. The van der Waals surface area contributed by atoms with Crippen molar-refractivity contribution in [3.63, 3.8) is 0 Å². The molecule has 19 heavy (non-hydrogen) atoms. The molecule has 100 valence electrons. The van der Waals surface area contributed by atoms with Crippen LogP contribution in [0.3, 0.4) is 0 Å². The molecule has 0 amide bonds. The van der Waals surface area contributed by atoms with Gasteiger partial charge in [0, 0.05) is 24.8 Å². The summed E-state index contributed by atoms with van der Waals surface area (Å²) in [7, 11) is 0. The van der Waals surface area contributed by atoms with Gasteiger partial charge >= 0.3 is 0 Å². The van der Waals surface area contributed by atoms with Crippen LogP contribution in [0.2, 0.25) is 0 Å². The quantitative estimate of drug-likeness (QED) is 0.604. The molecule has 2 rings (SSSR count). The van der Waals surface area contributed by atoms with Crippen LogP contribution in [0.5, 0.6) is 0 Å². The number of rotatable bonds is 2. The average molecular weight is 259 g/mol. The van der Waals surface area contributed by atoms with Crippen LogP contribution in [0.25, 0.3) is 0 Å². The lowest BCUT2D eigenvalue weighted by molar-refractivity contribution is -0.385. The normalized spacial score (nSPS) is 19.6. The molecule has 1 atom stereocenters. The first-order chi connectivity index (χ1) is 9.11. The molecule has 1 aromatic rings. The maximum Gasteiger partial charge on any atom is 0.287 e. The van der Waals surface area contributed by atoms with Gasteiger partial charge in [-0.2, -0.15) is 5.26 Å². The van der Waals surface area contributed by atoms with E-state index in [0.717, 1.165) is 37.5 Å². The van der Waals surface area contributed by atoms with Crippen molar-refractivity contribution >= 4 is 11.4 Å². The predicted molar refractivity (Wildman–Crippen MR) is 73.0 cm³/mol. The zero-order valence-electron chi connectivity index (χ0n) is 11.0. The van der Waals surface area contributed by atoms with Gasteiger partial charge in [-0.25, -0.2) is 0 Å². The highest BCUT2D eigenvalue weighted by Gasteiger charge is 2.18. The zero-order valence-corrected chi connectivity index (χ0v) is 11.0. The number of hydrogen-bond donors (Lipinski definition) is 0. The van der Waals surface area contributed by atoms with E-state index in [2.05, 4.69) is 11.8 Å². The van der Waals surface area contributed by atoms with E-state index in [-0.39, 0.29) is 11.3 Å². The Hall–Kier alpha value is -2.09. The van der Waals surface area contributed by atoms with Gasteiger partial charge in [0.15, 0.2) is 0 Å². The standard InChI is InChI=1S/C14H17N3O2/c1-11-3-2-7-16(8-6-11)13-4-5-14(17(18)19)12(9-13)10-15/h4-5,9,11H,2-3,6-8H2,1H3. The van der Waals surface area contributed by atoms with Crippen LogP contribution in [-0.2, 0) is 0 Å². The molecule has 0 radical (unpaired) electrons. The molecule has 1 aliphatic rings. The van der Waals surface area contributed by atoms with Crippen molar-refractivity contribution in [1.29, 1.82) is 5.26 Å². The third kappa shape index (κ3) is 3.02. The minimum atomic E-state index is -0.507. The third-order valence-corrected chi connectivity index (χ3v) is 3.68. The SMILES string of the molecule is CC1CCCN(c2ccc([N+](=O)[O-])c(C#N)c2)CC1. The predicted octanol–water partition coefficient (Wildman–Crippen LogP) is 3.09. The smallest absolute Gasteiger partial charge is 0.287 e. The molecule has 5 nitrogen and oxygen atoms in total. The Balaban J connectivity index is 2.26. The molecule has 0 aromatic heterocycles. The summed E-state index contributed by atoms with van der Waals surface area (Å²) in [6.45, 7) is 4.15. The van der Waals surface area contributed by atoms with Gasteiger partial charge in [0.25, 0.3) is 5.69 Å². The van der Waals surface area contributed by atoms with E-state index >= 15 is 0 Å². The zero-order chi connectivity index (χ0) is 13.8. The van der Waals surface area contributed by atoms with Crippen LogP contribution in [0.15, 0.2) is 18.2 Å². The van der Waals surface area contributed by atoms with E-state index in [0.29, 0.717) is 0 Å². The molecule has 1 heterocycles. The molecule has 0 spiro atoms. The van der Waals surface area contributed by atoms with Crippen LogP contribution < -0.4 is 4.90 Å². The fourth-order valence-electron chi connectivity index (χ4n) is 2.49. The Kier molecular flexibility index (Phi) is 4.00. The highest BCUT2D eigenvalue weighted by atomic mass is 16.6. The summed E-state index contributed by atoms with van der Waals surface area (Å²) in [5.74, 6) is 0.721. The van der Waals surface area contributed by atoms with E-state index in [4.69, 9.17) is 5.26 Å². The molecule has 1 fully saturated rings. The van der Waals surface area contributed by atoms with Crippen LogP contribution in [0.4, 0.5) is 11.4 Å². The molecule has 5 heteroatoms. The highest BCUT2D eigenvalue weighted by Crippen LogP contribution is 2.27. The molecule has 0 aliphatic carbocycles. The molecule has 1 aliphatic heterocycles. The summed E-state index contributed by atoms with van der Waals surface area (Å²) in [5.41, 5.74) is 0.936. The number of anilines is 1.